The molecule has 0 aliphatic heterocycles. The van der Waals surface area contributed by atoms with E-state index in [1.807, 2.05) is 38.2 Å². The normalized spacial score (nSPS) is 12.7. The lowest BCUT2D eigenvalue weighted by Crippen LogP contribution is -2.14. The fourth-order valence-electron chi connectivity index (χ4n) is 1.54. The summed E-state index contributed by atoms with van der Waals surface area (Å²) in [5, 5.41) is 3.28. The number of aromatic nitrogens is 2. The molecule has 2 rings (SSSR count). The maximum absolute atomic E-state index is 4.50. The Bertz CT molecular complexity index is 485. The van der Waals surface area contributed by atoms with Gasteiger partial charge in [-0.1, -0.05) is 18.2 Å². The molecule has 1 atom stereocenters. The number of fused-ring (bicyclic) bond motifs is 1. The lowest BCUT2D eigenvalue weighted by Gasteiger charge is -2.09. The van der Waals surface area contributed by atoms with Crippen LogP contribution in [0.15, 0.2) is 36.9 Å². The van der Waals surface area contributed by atoms with Gasteiger partial charge >= 0.3 is 0 Å². The predicted molar refractivity (Wildman–Crippen MR) is 64.0 cm³/mol. The molecule has 0 bridgehead atoms. The minimum Gasteiger partial charge on any atom is -0.350 e. The van der Waals surface area contributed by atoms with Gasteiger partial charge in [0.25, 0.3) is 0 Å². The first-order chi connectivity index (χ1) is 7.22. The zero-order valence-corrected chi connectivity index (χ0v) is 9.07. The van der Waals surface area contributed by atoms with Crippen LogP contribution in [0.1, 0.15) is 6.92 Å². The Morgan fingerprint density at radius 1 is 1.47 bits per heavy atom. The highest BCUT2D eigenvalue weighted by Gasteiger charge is 2.07. The average molecular weight is 201 g/mol. The molecule has 0 saturated carbocycles. The van der Waals surface area contributed by atoms with E-state index in [1.165, 1.54) is 0 Å². The van der Waals surface area contributed by atoms with Gasteiger partial charge in [0.2, 0.25) is 5.95 Å². The number of nitrogens with one attached hydrogen (secondary N) is 1. The lowest BCUT2D eigenvalue weighted by molar-refractivity contribution is 0.893. The van der Waals surface area contributed by atoms with Crippen molar-refractivity contribution in [3.05, 3.63) is 36.9 Å². The van der Waals surface area contributed by atoms with Crippen LogP contribution in [-0.4, -0.2) is 15.6 Å². The minimum absolute atomic E-state index is 0.223. The van der Waals surface area contributed by atoms with E-state index < -0.39 is 0 Å². The highest BCUT2D eigenvalue weighted by Crippen LogP contribution is 2.17. The molecule has 2 aromatic rings. The van der Waals surface area contributed by atoms with Crippen LogP contribution in [-0.2, 0) is 7.05 Å². The Hall–Kier alpha value is -1.77. The largest absolute Gasteiger partial charge is 0.350 e. The molecule has 3 nitrogen and oxygen atoms in total. The molecule has 1 heterocycles. The second kappa shape index (κ2) is 3.77. The molecule has 1 N–H and O–H groups in total. The molecule has 0 amide bonds. The maximum Gasteiger partial charge on any atom is 0.204 e. The molecule has 3 heteroatoms. The SMILES string of the molecule is C=CC(C)Nc1nc2ccccc2n1C. The Morgan fingerprint density at radius 2 is 2.20 bits per heavy atom. The Labute approximate surface area is 89.4 Å². The summed E-state index contributed by atoms with van der Waals surface area (Å²) in [4.78, 5) is 4.50. The van der Waals surface area contributed by atoms with Crippen molar-refractivity contribution < 1.29 is 0 Å². The van der Waals surface area contributed by atoms with Gasteiger partial charge in [0.15, 0.2) is 0 Å². The van der Waals surface area contributed by atoms with Crippen molar-refractivity contribution in [1.29, 1.82) is 0 Å². The van der Waals surface area contributed by atoms with Gasteiger partial charge in [-0.15, -0.1) is 6.58 Å². The summed E-state index contributed by atoms with van der Waals surface area (Å²) in [5.74, 6) is 0.878. The first kappa shape index (κ1) is 9.77. The highest BCUT2D eigenvalue weighted by molar-refractivity contribution is 5.78. The molecule has 1 unspecified atom stereocenters. The molecule has 1 aromatic heterocycles. The van der Waals surface area contributed by atoms with Gasteiger partial charge in [0, 0.05) is 13.1 Å². The molecule has 0 fully saturated rings. The van der Waals surface area contributed by atoms with Crippen molar-refractivity contribution in [3.8, 4) is 0 Å². The number of nitrogens with zero attached hydrogens (tertiary/aromatic N) is 2. The van der Waals surface area contributed by atoms with Crippen LogP contribution in [0.25, 0.3) is 11.0 Å². The van der Waals surface area contributed by atoms with Crippen molar-refractivity contribution in [3.63, 3.8) is 0 Å². The summed E-state index contributed by atoms with van der Waals surface area (Å²) >= 11 is 0. The zero-order chi connectivity index (χ0) is 10.8. The van der Waals surface area contributed by atoms with Crippen LogP contribution < -0.4 is 5.32 Å². The highest BCUT2D eigenvalue weighted by atomic mass is 15.2. The number of aryl methyl sites for hydroxylation is 1. The number of rotatable bonds is 3. The smallest absolute Gasteiger partial charge is 0.204 e. The van der Waals surface area contributed by atoms with E-state index >= 15 is 0 Å². The van der Waals surface area contributed by atoms with Crippen LogP contribution in [0.5, 0.6) is 0 Å². The predicted octanol–water partition coefficient (Wildman–Crippen LogP) is 2.56. The first-order valence-electron chi connectivity index (χ1n) is 5.03. The van der Waals surface area contributed by atoms with Crippen LogP contribution in [0, 0.1) is 0 Å². The molecule has 15 heavy (non-hydrogen) atoms. The van der Waals surface area contributed by atoms with Crippen molar-refractivity contribution in [1.82, 2.24) is 9.55 Å². The van der Waals surface area contributed by atoms with Gasteiger partial charge in [-0.05, 0) is 19.1 Å². The standard InChI is InChI=1S/C12H15N3/c1-4-9(2)13-12-14-10-7-5-6-8-11(10)15(12)3/h4-9H,1H2,2-3H3,(H,13,14). The quantitative estimate of drug-likeness (QED) is 0.773. The molecule has 1 aromatic carbocycles. The second-order valence-electron chi connectivity index (χ2n) is 3.65. The van der Waals surface area contributed by atoms with Gasteiger partial charge in [-0.3, -0.25) is 0 Å². The van der Waals surface area contributed by atoms with Crippen LogP contribution in [0.2, 0.25) is 0 Å². The Balaban J connectivity index is 2.44. The van der Waals surface area contributed by atoms with E-state index in [0.717, 1.165) is 17.0 Å². The monoisotopic (exact) mass is 201 g/mol. The summed E-state index contributed by atoms with van der Waals surface area (Å²) in [5.41, 5.74) is 2.15. The van der Waals surface area contributed by atoms with Crippen molar-refractivity contribution in [2.45, 2.75) is 13.0 Å². The second-order valence-corrected chi connectivity index (χ2v) is 3.65. The molecule has 78 valence electrons. The van der Waals surface area contributed by atoms with Gasteiger partial charge in [-0.25, -0.2) is 4.98 Å². The summed E-state index contributed by atoms with van der Waals surface area (Å²) in [6.45, 7) is 5.79. The Morgan fingerprint density at radius 3 is 2.87 bits per heavy atom. The summed E-state index contributed by atoms with van der Waals surface area (Å²) in [7, 11) is 2.01. The Kier molecular flexibility index (Phi) is 2.46. The van der Waals surface area contributed by atoms with Gasteiger partial charge in [-0.2, -0.15) is 0 Å². The van der Waals surface area contributed by atoms with Crippen molar-refractivity contribution in [2.75, 3.05) is 5.32 Å². The van der Waals surface area contributed by atoms with E-state index in [9.17, 15) is 0 Å². The van der Waals surface area contributed by atoms with E-state index in [1.54, 1.807) is 0 Å². The molecule has 0 spiro atoms. The number of anilines is 1. The van der Waals surface area contributed by atoms with E-state index in [4.69, 9.17) is 0 Å². The molecule has 0 aliphatic carbocycles. The number of imidazole rings is 1. The lowest BCUT2D eigenvalue weighted by atomic mass is 10.3. The van der Waals surface area contributed by atoms with Crippen LogP contribution in [0.3, 0.4) is 0 Å². The summed E-state index contributed by atoms with van der Waals surface area (Å²) in [6.07, 6.45) is 1.86. The summed E-state index contributed by atoms with van der Waals surface area (Å²) < 4.78 is 2.05. The van der Waals surface area contributed by atoms with Gasteiger partial charge in [0.05, 0.1) is 11.0 Å². The number of hydrogen-bond donors (Lipinski definition) is 1. The fourth-order valence-corrected chi connectivity index (χ4v) is 1.54. The van der Waals surface area contributed by atoms with Crippen molar-refractivity contribution >= 4 is 17.0 Å². The topological polar surface area (TPSA) is 29.9 Å². The van der Waals surface area contributed by atoms with Gasteiger partial charge in [0.1, 0.15) is 0 Å². The zero-order valence-electron chi connectivity index (χ0n) is 9.07. The number of benzene rings is 1. The molecule has 0 saturated heterocycles. The number of hydrogen-bond acceptors (Lipinski definition) is 2. The van der Waals surface area contributed by atoms with E-state index in [0.29, 0.717) is 0 Å². The van der Waals surface area contributed by atoms with Crippen LogP contribution in [0.4, 0.5) is 5.95 Å². The fraction of sp³-hybridized carbons (Fsp3) is 0.250. The third kappa shape index (κ3) is 1.73. The maximum atomic E-state index is 4.50. The van der Waals surface area contributed by atoms with E-state index in [2.05, 4.69) is 27.5 Å². The third-order valence-electron chi connectivity index (χ3n) is 2.50. The first-order valence-corrected chi connectivity index (χ1v) is 5.03. The third-order valence-corrected chi connectivity index (χ3v) is 2.50. The minimum atomic E-state index is 0.223. The van der Waals surface area contributed by atoms with E-state index in [-0.39, 0.29) is 6.04 Å². The molecular weight excluding hydrogens is 186 g/mol. The summed E-state index contributed by atoms with van der Waals surface area (Å²) in [6, 6.07) is 8.31. The van der Waals surface area contributed by atoms with Crippen LogP contribution >= 0.6 is 0 Å². The molecule has 0 radical (unpaired) electrons. The number of para-hydroxylation sites is 2. The van der Waals surface area contributed by atoms with Gasteiger partial charge < -0.3 is 9.88 Å². The molecule has 0 aliphatic rings. The molecular formula is C12H15N3. The van der Waals surface area contributed by atoms with Crippen molar-refractivity contribution in [2.24, 2.45) is 7.05 Å². The average Bonchev–Trinajstić information content (AvgIpc) is 2.57.